The third-order valence-corrected chi connectivity index (χ3v) is 3.14. The van der Waals surface area contributed by atoms with Crippen LogP contribution < -0.4 is 5.32 Å². The minimum Gasteiger partial charge on any atom is -0.480 e. The molecule has 0 heterocycles. The molecule has 1 unspecified atom stereocenters. The third kappa shape index (κ3) is 4.67. The summed E-state index contributed by atoms with van der Waals surface area (Å²) >= 11 is 0. The molecule has 2 N–H and O–H groups in total. The Hall–Kier alpha value is -1.69. The van der Waals surface area contributed by atoms with E-state index < -0.39 is 28.7 Å². The fraction of sp³-hybridized carbons (Fsp3) is 0.333. The number of benzene rings is 1. The van der Waals surface area contributed by atoms with Gasteiger partial charge in [0.15, 0.2) is 0 Å². The minimum atomic E-state index is -1.12. The molecule has 0 bridgehead atoms. The lowest BCUT2D eigenvalue weighted by Crippen LogP contribution is -2.41. The first-order chi connectivity index (χ1) is 8.50. The second-order valence-electron chi connectivity index (χ2n) is 3.80. The summed E-state index contributed by atoms with van der Waals surface area (Å²) in [6.07, 6.45) is 1.65. The average Bonchev–Trinajstić information content (AvgIpc) is 2.34. The van der Waals surface area contributed by atoms with Crippen molar-refractivity contribution in [3.63, 3.8) is 0 Å². The number of hydrogen-bond donors (Lipinski definition) is 2. The Kier molecular flexibility index (Phi) is 5.51. The van der Waals surface area contributed by atoms with Crippen LogP contribution in [-0.2, 0) is 15.6 Å². The van der Waals surface area contributed by atoms with Gasteiger partial charge in [0, 0.05) is 28.4 Å². The fourth-order valence-corrected chi connectivity index (χ4v) is 1.94. The molecule has 1 aromatic carbocycles. The molecule has 0 radical (unpaired) electrons. The van der Waals surface area contributed by atoms with Crippen LogP contribution in [0, 0.1) is 0 Å². The van der Waals surface area contributed by atoms with Gasteiger partial charge in [0.25, 0.3) is 5.91 Å². The highest BCUT2D eigenvalue weighted by molar-refractivity contribution is 7.84. The Morgan fingerprint density at radius 1 is 1.33 bits per heavy atom. The van der Waals surface area contributed by atoms with Crippen LogP contribution in [0.5, 0.6) is 0 Å². The Labute approximate surface area is 108 Å². The molecule has 0 fully saturated rings. The summed E-state index contributed by atoms with van der Waals surface area (Å²) in [6, 6.07) is 7.36. The summed E-state index contributed by atoms with van der Waals surface area (Å²) in [5.74, 6) is -1.32. The van der Waals surface area contributed by atoms with E-state index in [4.69, 9.17) is 5.11 Å². The predicted molar refractivity (Wildman–Crippen MR) is 68.9 cm³/mol. The fourth-order valence-electron chi connectivity index (χ4n) is 1.37. The zero-order chi connectivity index (χ0) is 13.5. The molecule has 0 aliphatic carbocycles. The van der Waals surface area contributed by atoms with E-state index in [2.05, 4.69) is 5.32 Å². The molecule has 18 heavy (non-hydrogen) atoms. The van der Waals surface area contributed by atoms with Gasteiger partial charge in [-0.25, -0.2) is 4.79 Å². The van der Waals surface area contributed by atoms with Crippen molar-refractivity contribution in [2.75, 3.05) is 12.0 Å². The summed E-state index contributed by atoms with van der Waals surface area (Å²) in [6.45, 7) is 0. The average molecular weight is 269 g/mol. The number of rotatable bonds is 6. The lowest BCUT2D eigenvalue weighted by atomic mass is 10.1. The lowest BCUT2D eigenvalue weighted by molar-refractivity contribution is -0.139. The van der Waals surface area contributed by atoms with Crippen molar-refractivity contribution < 1.29 is 18.9 Å². The van der Waals surface area contributed by atoms with Crippen LogP contribution in [0.4, 0.5) is 0 Å². The summed E-state index contributed by atoms with van der Waals surface area (Å²) < 4.78 is 10.9. The summed E-state index contributed by atoms with van der Waals surface area (Å²) in [5, 5.41) is 11.4. The van der Waals surface area contributed by atoms with Crippen molar-refractivity contribution in [3.05, 3.63) is 35.9 Å². The molecule has 98 valence electrons. The van der Waals surface area contributed by atoms with Gasteiger partial charge >= 0.3 is 5.97 Å². The topological polar surface area (TPSA) is 83.5 Å². The number of carbonyl (C=O) groups is 2. The molecule has 0 aliphatic heterocycles. The van der Waals surface area contributed by atoms with E-state index in [1.54, 1.807) is 30.3 Å². The number of carboxylic acids is 1. The van der Waals surface area contributed by atoms with Crippen molar-refractivity contribution in [2.24, 2.45) is 0 Å². The largest absolute Gasteiger partial charge is 0.480 e. The summed E-state index contributed by atoms with van der Waals surface area (Å²) in [7, 11) is -1.08. The highest BCUT2D eigenvalue weighted by Crippen LogP contribution is 2.01. The molecule has 1 amide bonds. The second-order valence-corrected chi connectivity index (χ2v) is 5.35. The van der Waals surface area contributed by atoms with E-state index in [1.807, 2.05) is 0 Å². The van der Waals surface area contributed by atoms with Gasteiger partial charge in [0.2, 0.25) is 0 Å². The molecular formula is C12H15NO4S. The Balaban J connectivity index is 2.64. The van der Waals surface area contributed by atoms with Gasteiger partial charge in [-0.05, 0) is 18.6 Å². The SMILES string of the molecule is CS(=O)CC[C@H](NC(=O)c1ccccc1)C(=O)O. The molecule has 0 saturated heterocycles. The van der Waals surface area contributed by atoms with Crippen molar-refractivity contribution in [3.8, 4) is 0 Å². The van der Waals surface area contributed by atoms with Gasteiger partial charge in [0.05, 0.1) is 0 Å². The standard InChI is InChI=1S/C12H15NO4S/c1-18(17)8-7-10(12(15)16)13-11(14)9-5-3-2-4-6-9/h2-6,10H,7-8H2,1H3,(H,13,14)(H,15,16)/t10-,18?/m0/s1. The third-order valence-electron chi connectivity index (χ3n) is 2.33. The van der Waals surface area contributed by atoms with E-state index >= 15 is 0 Å². The number of aliphatic carboxylic acids is 1. The predicted octanol–water partition coefficient (Wildman–Crippen LogP) is 0.638. The van der Waals surface area contributed by atoms with Crippen LogP contribution in [0.2, 0.25) is 0 Å². The first-order valence-corrected chi connectivity index (χ1v) is 7.12. The van der Waals surface area contributed by atoms with Gasteiger partial charge in [0.1, 0.15) is 6.04 Å². The van der Waals surface area contributed by atoms with Gasteiger partial charge in [-0.15, -0.1) is 0 Å². The monoisotopic (exact) mass is 269 g/mol. The van der Waals surface area contributed by atoms with Crippen LogP contribution in [0.15, 0.2) is 30.3 Å². The van der Waals surface area contributed by atoms with E-state index in [1.165, 1.54) is 6.26 Å². The molecule has 6 heteroatoms. The Morgan fingerprint density at radius 2 is 1.94 bits per heavy atom. The molecule has 0 spiro atoms. The zero-order valence-electron chi connectivity index (χ0n) is 9.96. The van der Waals surface area contributed by atoms with E-state index in [9.17, 15) is 13.8 Å². The molecule has 1 aromatic rings. The van der Waals surface area contributed by atoms with E-state index in [-0.39, 0.29) is 12.2 Å². The number of carboxylic acid groups (broad SMARTS) is 1. The van der Waals surface area contributed by atoms with Crippen LogP contribution >= 0.6 is 0 Å². The van der Waals surface area contributed by atoms with Crippen LogP contribution in [0.3, 0.4) is 0 Å². The number of nitrogens with one attached hydrogen (secondary N) is 1. The molecular weight excluding hydrogens is 254 g/mol. The van der Waals surface area contributed by atoms with Crippen LogP contribution in [0.25, 0.3) is 0 Å². The first kappa shape index (κ1) is 14.4. The molecule has 0 saturated carbocycles. The van der Waals surface area contributed by atoms with Crippen LogP contribution in [0.1, 0.15) is 16.8 Å². The number of hydrogen-bond acceptors (Lipinski definition) is 3. The molecule has 5 nitrogen and oxygen atoms in total. The zero-order valence-corrected chi connectivity index (χ0v) is 10.8. The highest BCUT2D eigenvalue weighted by atomic mass is 32.2. The van der Waals surface area contributed by atoms with Gasteiger partial charge in [-0.1, -0.05) is 18.2 Å². The Bertz CT molecular complexity index is 447. The maximum atomic E-state index is 11.8. The Morgan fingerprint density at radius 3 is 2.44 bits per heavy atom. The molecule has 0 aromatic heterocycles. The molecule has 2 atom stereocenters. The van der Waals surface area contributed by atoms with Crippen LogP contribution in [-0.4, -0.2) is 39.2 Å². The van der Waals surface area contributed by atoms with E-state index in [0.29, 0.717) is 5.56 Å². The van der Waals surface area contributed by atoms with E-state index in [0.717, 1.165) is 0 Å². The summed E-state index contributed by atoms with van der Waals surface area (Å²) in [5.41, 5.74) is 0.404. The smallest absolute Gasteiger partial charge is 0.326 e. The van der Waals surface area contributed by atoms with Gasteiger partial charge < -0.3 is 10.4 Å². The number of amides is 1. The first-order valence-electron chi connectivity index (χ1n) is 5.39. The maximum absolute atomic E-state index is 11.8. The molecule has 0 aliphatic rings. The summed E-state index contributed by atoms with van der Waals surface area (Å²) in [4.78, 5) is 22.7. The molecule has 1 rings (SSSR count). The van der Waals surface area contributed by atoms with Gasteiger partial charge in [-0.2, -0.15) is 0 Å². The van der Waals surface area contributed by atoms with Crippen molar-refractivity contribution >= 4 is 22.7 Å². The van der Waals surface area contributed by atoms with Gasteiger partial charge in [-0.3, -0.25) is 9.00 Å². The maximum Gasteiger partial charge on any atom is 0.326 e. The minimum absolute atomic E-state index is 0.150. The quantitative estimate of drug-likeness (QED) is 0.793. The highest BCUT2D eigenvalue weighted by Gasteiger charge is 2.20. The lowest BCUT2D eigenvalue weighted by Gasteiger charge is -2.13. The number of carbonyl (C=O) groups excluding carboxylic acids is 1. The second kappa shape index (κ2) is 6.90. The van der Waals surface area contributed by atoms with Crippen molar-refractivity contribution in [2.45, 2.75) is 12.5 Å². The van der Waals surface area contributed by atoms with Crippen molar-refractivity contribution in [1.29, 1.82) is 0 Å². The normalized spacial score (nSPS) is 13.6. The van der Waals surface area contributed by atoms with Crippen molar-refractivity contribution in [1.82, 2.24) is 5.32 Å².